The second-order valence-corrected chi connectivity index (χ2v) is 8.26. The van der Waals surface area contributed by atoms with Crippen molar-refractivity contribution in [3.63, 3.8) is 0 Å². The summed E-state index contributed by atoms with van der Waals surface area (Å²) in [6, 6.07) is 14.6. The molecule has 3 aromatic rings. The molecule has 27 heavy (non-hydrogen) atoms. The molecule has 138 valence electrons. The first-order valence-electron chi connectivity index (χ1n) is 8.78. The molecule has 0 radical (unpaired) electrons. The lowest BCUT2D eigenvalue weighted by Gasteiger charge is -2.17. The molecule has 1 aliphatic carbocycles. The minimum Gasteiger partial charge on any atom is -0.352 e. The fourth-order valence-electron chi connectivity index (χ4n) is 2.79. The van der Waals surface area contributed by atoms with Crippen LogP contribution in [0, 0.1) is 0 Å². The van der Waals surface area contributed by atoms with E-state index in [0.29, 0.717) is 26.8 Å². The van der Waals surface area contributed by atoms with Gasteiger partial charge in [-0.15, -0.1) is 0 Å². The van der Waals surface area contributed by atoms with Crippen LogP contribution in [0.4, 0.5) is 0 Å². The predicted molar refractivity (Wildman–Crippen MR) is 109 cm³/mol. The standard InChI is InChI=1S/C20H18ClN3O2S/c1-12(18(25)22-13-10-11-13)27-20-23-16-8-4-2-6-14(16)19(26)24(20)17-9-5-3-7-15(17)21/h2-9,12-13H,10-11H2,1H3,(H,22,25)/t12-/m0/s1. The number of benzene rings is 2. The zero-order valence-electron chi connectivity index (χ0n) is 14.7. The topological polar surface area (TPSA) is 64.0 Å². The summed E-state index contributed by atoms with van der Waals surface area (Å²) in [6.07, 6.45) is 2.06. The molecule has 1 atom stereocenters. The van der Waals surface area contributed by atoms with Gasteiger partial charge in [-0.2, -0.15) is 0 Å². The fraction of sp³-hybridized carbons (Fsp3) is 0.250. The van der Waals surface area contributed by atoms with E-state index < -0.39 is 0 Å². The van der Waals surface area contributed by atoms with Crippen molar-refractivity contribution in [1.29, 1.82) is 0 Å². The van der Waals surface area contributed by atoms with Gasteiger partial charge in [0.15, 0.2) is 5.16 Å². The predicted octanol–water partition coefficient (Wildman–Crippen LogP) is 3.80. The Kier molecular flexibility index (Phi) is 4.93. The largest absolute Gasteiger partial charge is 0.352 e. The lowest BCUT2D eigenvalue weighted by molar-refractivity contribution is -0.120. The van der Waals surface area contributed by atoms with Gasteiger partial charge in [-0.3, -0.25) is 14.2 Å². The number of rotatable bonds is 5. The van der Waals surface area contributed by atoms with Gasteiger partial charge in [-0.05, 0) is 44.0 Å². The number of fused-ring (bicyclic) bond motifs is 1. The number of thioether (sulfide) groups is 1. The van der Waals surface area contributed by atoms with Gasteiger partial charge in [0.05, 0.1) is 26.9 Å². The molecule has 1 amide bonds. The van der Waals surface area contributed by atoms with Gasteiger partial charge in [-0.1, -0.05) is 47.6 Å². The maximum atomic E-state index is 13.2. The van der Waals surface area contributed by atoms with E-state index in [0.717, 1.165) is 12.8 Å². The van der Waals surface area contributed by atoms with Gasteiger partial charge in [0.25, 0.3) is 5.56 Å². The van der Waals surface area contributed by atoms with Gasteiger partial charge < -0.3 is 5.32 Å². The molecule has 1 N–H and O–H groups in total. The van der Waals surface area contributed by atoms with Crippen molar-refractivity contribution >= 4 is 40.2 Å². The molecule has 2 aromatic carbocycles. The van der Waals surface area contributed by atoms with Crippen molar-refractivity contribution in [2.45, 2.75) is 36.2 Å². The first-order chi connectivity index (χ1) is 13.0. The minimum atomic E-state index is -0.382. The molecule has 0 spiro atoms. The first kappa shape index (κ1) is 18.1. The number of aromatic nitrogens is 2. The number of amides is 1. The quantitative estimate of drug-likeness (QED) is 0.523. The van der Waals surface area contributed by atoms with Crippen LogP contribution in [0.15, 0.2) is 58.5 Å². The Morgan fingerprint density at radius 3 is 2.67 bits per heavy atom. The smallest absolute Gasteiger partial charge is 0.266 e. The second kappa shape index (κ2) is 7.37. The average Bonchev–Trinajstić information content (AvgIpc) is 3.47. The Labute approximate surface area is 165 Å². The van der Waals surface area contributed by atoms with E-state index in [2.05, 4.69) is 10.3 Å². The van der Waals surface area contributed by atoms with Crippen LogP contribution in [0.3, 0.4) is 0 Å². The molecule has 0 aliphatic heterocycles. The summed E-state index contributed by atoms with van der Waals surface area (Å²) in [5, 5.41) is 4.03. The Morgan fingerprint density at radius 1 is 1.22 bits per heavy atom. The van der Waals surface area contributed by atoms with E-state index in [-0.39, 0.29) is 22.8 Å². The molecular formula is C20H18ClN3O2S. The summed E-state index contributed by atoms with van der Waals surface area (Å²) in [4.78, 5) is 30.2. The highest BCUT2D eigenvalue weighted by Gasteiger charge is 2.27. The third-order valence-electron chi connectivity index (χ3n) is 4.41. The van der Waals surface area contributed by atoms with Gasteiger partial charge in [0.1, 0.15) is 0 Å². The molecule has 5 nitrogen and oxygen atoms in total. The molecule has 1 saturated carbocycles. The monoisotopic (exact) mass is 399 g/mol. The fourth-order valence-corrected chi connectivity index (χ4v) is 3.94. The maximum absolute atomic E-state index is 13.2. The molecule has 0 bridgehead atoms. The van der Waals surface area contributed by atoms with E-state index in [1.165, 1.54) is 16.3 Å². The molecular weight excluding hydrogens is 382 g/mol. The van der Waals surface area contributed by atoms with Crippen molar-refractivity contribution in [3.05, 3.63) is 63.9 Å². The number of para-hydroxylation sites is 2. The minimum absolute atomic E-state index is 0.0457. The van der Waals surface area contributed by atoms with E-state index >= 15 is 0 Å². The number of carbonyl (C=O) groups is 1. The highest BCUT2D eigenvalue weighted by molar-refractivity contribution is 8.00. The van der Waals surface area contributed by atoms with Crippen LogP contribution in [-0.2, 0) is 4.79 Å². The number of halogens is 1. The van der Waals surface area contributed by atoms with Gasteiger partial charge >= 0.3 is 0 Å². The number of hydrogen-bond donors (Lipinski definition) is 1. The Morgan fingerprint density at radius 2 is 1.93 bits per heavy atom. The van der Waals surface area contributed by atoms with Crippen LogP contribution in [0.2, 0.25) is 5.02 Å². The maximum Gasteiger partial charge on any atom is 0.266 e. The molecule has 0 unspecified atom stereocenters. The van der Waals surface area contributed by atoms with E-state index in [1.807, 2.05) is 25.1 Å². The van der Waals surface area contributed by atoms with E-state index in [1.54, 1.807) is 30.3 Å². The SMILES string of the molecule is C[C@H](Sc1nc2ccccc2c(=O)n1-c1ccccc1Cl)C(=O)NC1CC1. The molecule has 1 fully saturated rings. The lowest BCUT2D eigenvalue weighted by Crippen LogP contribution is -2.33. The normalized spacial score (nSPS) is 14.9. The van der Waals surface area contributed by atoms with Crippen LogP contribution < -0.4 is 10.9 Å². The van der Waals surface area contributed by atoms with Crippen molar-refractivity contribution in [1.82, 2.24) is 14.9 Å². The highest BCUT2D eigenvalue weighted by Crippen LogP contribution is 2.28. The van der Waals surface area contributed by atoms with Crippen LogP contribution in [0.5, 0.6) is 0 Å². The van der Waals surface area contributed by atoms with Gasteiger partial charge in [0.2, 0.25) is 5.91 Å². The van der Waals surface area contributed by atoms with Crippen LogP contribution in [-0.4, -0.2) is 26.8 Å². The molecule has 7 heteroatoms. The van der Waals surface area contributed by atoms with Crippen molar-refractivity contribution in [3.8, 4) is 5.69 Å². The van der Waals surface area contributed by atoms with Gasteiger partial charge in [-0.25, -0.2) is 4.98 Å². The highest BCUT2D eigenvalue weighted by atomic mass is 35.5. The Balaban J connectivity index is 1.82. The summed E-state index contributed by atoms with van der Waals surface area (Å²) in [5.41, 5.74) is 0.953. The number of hydrogen-bond acceptors (Lipinski definition) is 4. The van der Waals surface area contributed by atoms with Gasteiger partial charge in [0, 0.05) is 6.04 Å². The van der Waals surface area contributed by atoms with E-state index in [9.17, 15) is 9.59 Å². The molecule has 1 heterocycles. The number of carbonyl (C=O) groups excluding carboxylic acids is 1. The van der Waals surface area contributed by atoms with Crippen molar-refractivity contribution < 1.29 is 4.79 Å². The van der Waals surface area contributed by atoms with Crippen LogP contribution >= 0.6 is 23.4 Å². The number of nitrogens with one attached hydrogen (secondary N) is 1. The average molecular weight is 400 g/mol. The summed E-state index contributed by atoms with van der Waals surface area (Å²) >= 11 is 7.62. The molecule has 1 aliphatic rings. The third kappa shape index (κ3) is 3.73. The number of nitrogens with zero attached hydrogens (tertiary/aromatic N) is 2. The Hall–Kier alpha value is -2.31. The summed E-state index contributed by atoms with van der Waals surface area (Å²) < 4.78 is 1.50. The van der Waals surface area contributed by atoms with Crippen LogP contribution in [0.25, 0.3) is 16.6 Å². The summed E-state index contributed by atoms with van der Waals surface area (Å²) in [6.45, 7) is 1.82. The third-order valence-corrected chi connectivity index (χ3v) is 5.79. The molecule has 0 saturated heterocycles. The first-order valence-corrected chi connectivity index (χ1v) is 10.0. The Bertz CT molecular complexity index is 1080. The lowest BCUT2D eigenvalue weighted by atomic mass is 10.2. The molecule has 1 aromatic heterocycles. The van der Waals surface area contributed by atoms with Crippen molar-refractivity contribution in [2.24, 2.45) is 0 Å². The second-order valence-electron chi connectivity index (χ2n) is 6.55. The summed E-state index contributed by atoms with van der Waals surface area (Å²) in [7, 11) is 0. The zero-order valence-corrected chi connectivity index (χ0v) is 16.3. The molecule has 4 rings (SSSR count). The van der Waals surface area contributed by atoms with Crippen LogP contribution in [0.1, 0.15) is 19.8 Å². The van der Waals surface area contributed by atoms with E-state index in [4.69, 9.17) is 11.6 Å². The van der Waals surface area contributed by atoms with Crippen molar-refractivity contribution in [2.75, 3.05) is 0 Å². The summed E-state index contributed by atoms with van der Waals surface area (Å²) in [5.74, 6) is -0.0457. The zero-order chi connectivity index (χ0) is 19.0.